The molecule has 3 fully saturated rings. The van der Waals surface area contributed by atoms with Gasteiger partial charge in [0.1, 0.15) is 5.52 Å². The van der Waals surface area contributed by atoms with Crippen LogP contribution in [0.3, 0.4) is 0 Å². The fourth-order valence-corrected chi connectivity index (χ4v) is 8.31. The van der Waals surface area contributed by atoms with Gasteiger partial charge in [0.25, 0.3) is 5.91 Å². The zero-order valence-electron chi connectivity index (χ0n) is 30.2. The smallest absolute Gasteiger partial charge is 0.251 e. The number of anilines is 3. The molecule has 0 spiro atoms. The van der Waals surface area contributed by atoms with Gasteiger partial charge in [-0.05, 0) is 111 Å². The van der Waals surface area contributed by atoms with Crippen molar-refractivity contribution in [3.05, 3.63) is 59.2 Å². The number of nitrogens with zero attached hydrogens (tertiary/aromatic N) is 6. The van der Waals surface area contributed by atoms with Gasteiger partial charge in [-0.15, -0.1) is 0 Å². The van der Waals surface area contributed by atoms with Gasteiger partial charge in [0, 0.05) is 46.6 Å². The summed E-state index contributed by atoms with van der Waals surface area (Å²) in [6, 6.07) is 5.30. The van der Waals surface area contributed by atoms with Crippen LogP contribution >= 0.6 is 0 Å². The van der Waals surface area contributed by atoms with E-state index in [1.54, 1.807) is 12.5 Å². The Morgan fingerprint density at radius 1 is 1.00 bits per heavy atom. The Morgan fingerprint density at radius 3 is 2.41 bits per heavy atom. The number of fused-ring (bicyclic) bond motifs is 2. The third-order valence-electron chi connectivity index (χ3n) is 11.6. The number of likely N-dealkylation sites (tertiary alicyclic amines) is 1. The van der Waals surface area contributed by atoms with Crippen molar-refractivity contribution in [2.45, 2.75) is 116 Å². The zero-order valence-corrected chi connectivity index (χ0v) is 30.2. The Kier molecular flexibility index (Phi) is 7.97. The summed E-state index contributed by atoms with van der Waals surface area (Å²) in [4.78, 5) is 46.1. The van der Waals surface area contributed by atoms with Crippen molar-refractivity contribution in [1.29, 1.82) is 0 Å². The maximum atomic E-state index is 15.6. The molecule has 51 heavy (non-hydrogen) atoms. The summed E-state index contributed by atoms with van der Waals surface area (Å²) >= 11 is 0. The molecular weight excluding hydrogens is 650 g/mol. The molecule has 2 saturated carbocycles. The fourth-order valence-electron chi connectivity index (χ4n) is 8.31. The van der Waals surface area contributed by atoms with Gasteiger partial charge in [0.2, 0.25) is 5.91 Å². The molecule has 0 radical (unpaired) electrons. The molecule has 3 aromatic heterocycles. The van der Waals surface area contributed by atoms with E-state index in [0.29, 0.717) is 22.3 Å². The number of aromatic nitrogens is 4. The second kappa shape index (κ2) is 12.1. The maximum absolute atomic E-state index is 15.6. The van der Waals surface area contributed by atoms with Crippen molar-refractivity contribution in [2.24, 2.45) is 0 Å². The third kappa shape index (κ3) is 5.57. The molecule has 2 N–H and O–H groups in total. The van der Waals surface area contributed by atoms with Gasteiger partial charge >= 0.3 is 0 Å². The highest BCUT2D eigenvalue weighted by Gasteiger charge is 2.54. The molecule has 0 unspecified atom stereocenters. The largest absolute Gasteiger partial charge is 0.349 e. The van der Waals surface area contributed by atoms with E-state index in [2.05, 4.69) is 27.4 Å². The summed E-state index contributed by atoms with van der Waals surface area (Å²) in [6.45, 7) is 13.8. The summed E-state index contributed by atoms with van der Waals surface area (Å²) in [6.07, 6.45) is 10.7. The summed E-state index contributed by atoms with van der Waals surface area (Å²) in [5.41, 5.74) is 3.03. The lowest BCUT2D eigenvalue weighted by Crippen LogP contribution is -2.64. The van der Waals surface area contributed by atoms with Crippen LogP contribution in [0, 0.1) is 18.6 Å². The Morgan fingerprint density at radius 2 is 1.73 bits per heavy atom. The SMILES string of the molecule is Cc1c(C(=O)NC2CC2)cc(Nc2nc(-c3cnc4c(c3)N(C3CC(C)(N5CCCCC5)C3)C(=O)C4(C)C)cc3ncn(C(C)C)c23)c(F)c1F. The standard InChI is InChI=1S/C39H46F2N8O2/c1-21(2)48-20-43-29-16-27(45-35(33(29)48)46-28-15-26(22(3)31(40)32(28)41)36(50)44-24-10-11-24)23-14-30-34(42-19-23)38(4,5)37(51)49(30)25-17-39(6,18-25)47-12-8-7-9-13-47/h14-16,19-21,24-25H,7-13,17-18H2,1-6H3,(H,44,50)(H,45,46). The predicted octanol–water partition coefficient (Wildman–Crippen LogP) is 7.33. The molecule has 0 bridgehead atoms. The summed E-state index contributed by atoms with van der Waals surface area (Å²) in [5.74, 6) is -2.32. The van der Waals surface area contributed by atoms with Crippen LogP contribution in [0.2, 0.25) is 0 Å². The van der Waals surface area contributed by atoms with Crippen molar-refractivity contribution < 1.29 is 18.4 Å². The lowest BCUT2D eigenvalue weighted by Gasteiger charge is -2.55. The molecule has 1 aromatic carbocycles. The second-order valence-corrected chi connectivity index (χ2v) is 16.1. The number of carbonyl (C=O) groups excluding carboxylic acids is 2. The van der Waals surface area contributed by atoms with Crippen LogP contribution in [-0.2, 0) is 10.2 Å². The maximum Gasteiger partial charge on any atom is 0.251 e. The predicted molar refractivity (Wildman–Crippen MR) is 193 cm³/mol. The summed E-state index contributed by atoms with van der Waals surface area (Å²) in [7, 11) is 0. The van der Waals surface area contributed by atoms with E-state index in [-0.39, 0.29) is 52.2 Å². The van der Waals surface area contributed by atoms with Gasteiger partial charge in [0.05, 0.1) is 40.0 Å². The highest BCUT2D eigenvalue weighted by Crippen LogP contribution is 2.50. The normalized spacial score (nSPS) is 23.1. The fraction of sp³-hybridized carbons (Fsp3) is 0.513. The Labute approximate surface area is 297 Å². The van der Waals surface area contributed by atoms with Crippen LogP contribution in [0.1, 0.15) is 107 Å². The van der Waals surface area contributed by atoms with E-state index in [4.69, 9.17) is 9.97 Å². The molecule has 2 amide bonds. The number of carbonyl (C=O) groups is 2. The molecule has 12 heteroatoms. The Balaban J connectivity index is 1.18. The van der Waals surface area contributed by atoms with E-state index in [0.717, 1.165) is 50.2 Å². The number of hydrogen-bond acceptors (Lipinski definition) is 7. The van der Waals surface area contributed by atoms with Crippen molar-refractivity contribution in [3.8, 4) is 11.3 Å². The van der Waals surface area contributed by atoms with Gasteiger partial charge in [-0.2, -0.15) is 0 Å². The molecule has 2 aliphatic heterocycles. The Hall–Kier alpha value is -4.45. The molecule has 0 atom stereocenters. The number of hydrogen-bond donors (Lipinski definition) is 2. The van der Waals surface area contributed by atoms with E-state index >= 15 is 8.78 Å². The lowest BCUT2D eigenvalue weighted by atomic mass is 9.71. The summed E-state index contributed by atoms with van der Waals surface area (Å²) < 4.78 is 32.8. The number of halogens is 2. The molecule has 4 aliphatic rings. The highest BCUT2D eigenvalue weighted by atomic mass is 19.2. The van der Waals surface area contributed by atoms with Gasteiger partial charge in [0.15, 0.2) is 17.5 Å². The number of piperidine rings is 1. The van der Waals surface area contributed by atoms with Crippen LogP contribution in [0.5, 0.6) is 0 Å². The van der Waals surface area contributed by atoms with Crippen molar-refractivity contribution in [3.63, 3.8) is 0 Å². The van der Waals surface area contributed by atoms with Crippen molar-refractivity contribution in [1.82, 2.24) is 29.7 Å². The molecule has 10 nitrogen and oxygen atoms in total. The first-order chi connectivity index (χ1) is 24.3. The molecule has 2 aliphatic carbocycles. The minimum absolute atomic E-state index is 0.00996. The van der Waals surface area contributed by atoms with Gasteiger partial charge < -0.3 is 20.1 Å². The van der Waals surface area contributed by atoms with Crippen LogP contribution in [0.25, 0.3) is 22.3 Å². The van der Waals surface area contributed by atoms with Gasteiger partial charge in [-0.3, -0.25) is 19.5 Å². The molecule has 4 aromatic rings. The first-order valence-electron chi connectivity index (χ1n) is 18.3. The average Bonchev–Trinajstić information content (AvgIpc) is 3.76. The van der Waals surface area contributed by atoms with Crippen LogP contribution < -0.4 is 15.5 Å². The highest BCUT2D eigenvalue weighted by molar-refractivity contribution is 6.08. The van der Waals surface area contributed by atoms with Crippen LogP contribution in [-0.4, -0.2) is 66.9 Å². The number of rotatable bonds is 8. The number of nitrogens with one attached hydrogen (secondary N) is 2. The first kappa shape index (κ1) is 33.7. The number of benzene rings is 1. The van der Waals surface area contributed by atoms with Gasteiger partial charge in [-0.25, -0.2) is 18.7 Å². The van der Waals surface area contributed by atoms with Gasteiger partial charge in [-0.1, -0.05) is 6.42 Å². The number of pyridine rings is 2. The molecular formula is C39H46F2N8O2. The average molecular weight is 697 g/mol. The third-order valence-corrected chi connectivity index (χ3v) is 11.6. The first-order valence-corrected chi connectivity index (χ1v) is 18.3. The molecule has 268 valence electrons. The monoisotopic (exact) mass is 696 g/mol. The number of amides is 2. The van der Waals surface area contributed by atoms with E-state index in [1.165, 1.54) is 32.3 Å². The quantitative estimate of drug-likeness (QED) is 0.199. The Bertz CT molecular complexity index is 2080. The zero-order chi connectivity index (χ0) is 36.0. The van der Waals surface area contributed by atoms with E-state index in [9.17, 15) is 9.59 Å². The minimum atomic E-state index is -1.10. The lowest BCUT2D eigenvalue weighted by molar-refractivity contribution is -0.123. The molecule has 8 rings (SSSR count). The van der Waals surface area contributed by atoms with Crippen LogP contribution in [0.4, 0.5) is 26.0 Å². The van der Waals surface area contributed by atoms with Crippen molar-refractivity contribution >= 4 is 40.0 Å². The van der Waals surface area contributed by atoms with E-state index in [1.807, 2.05) is 49.3 Å². The van der Waals surface area contributed by atoms with Crippen molar-refractivity contribution in [2.75, 3.05) is 23.3 Å². The van der Waals surface area contributed by atoms with E-state index < -0.39 is 23.0 Å². The molecule has 1 saturated heterocycles. The topological polar surface area (TPSA) is 108 Å². The summed E-state index contributed by atoms with van der Waals surface area (Å²) in [5, 5.41) is 5.92. The minimum Gasteiger partial charge on any atom is -0.349 e. The number of imidazole rings is 1. The van der Waals surface area contributed by atoms with Crippen LogP contribution in [0.15, 0.2) is 30.7 Å². The second-order valence-electron chi connectivity index (χ2n) is 16.1. The molecule has 5 heterocycles.